The molecule has 1 aromatic carbocycles. The van der Waals surface area contributed by atoms with Crippen LogP contribution < -0.4 is 5.73 Å². The zero-order valence-corrected chi connectivity index (χ0v) is 11.7. The molecule has 2 rings (SSSR count). The Morgan fingerprint density at radius 2 is 2.06 bits per heavy atom. The Morgan fingerprint density at radius 1 is 1.39 bits per heavy atom. The second kappa shape index (κ2) is 4.90. The van der Waals surface area contributed by atoms with E-state index in [9.17, 15) is 8.42 Å². The first-order chi connectivity index (χ1) is 8.45. The predicted molar refractivity (Wildman–Crippen MR) is 72.7 cm³/mol. The van der Waals surface area contributed by atoms with E-state index in [0.29, 0.717) is 29.6 Å². The van der Waals surface area contributed by atoms with Gasteiger partial charge in [0.15, 0.2) is 0 Å². The lowest BCUT2D eigenvalue weighted by molar-refractivity contribution is 0.412. The Bertz CT molecular complexity index is 536. The number of nitrogens with two attached hydrogens (primary N) is 1. The second-order valence-electron chi connectivity index (χ2n) is 4.92. The normalized spacial score (nSPS) is 16.2. The zero-order chi connectivity index (χ0) is 13.3. The summed E-state index contributed by atoms with van der Waals surface area (Å²) in [4.78, 5) is 0.344. The van der Waals surface area contributed by atoms with Gasteiger partial charge in [-0.25, -0.2) is 8.42 Å². The number of hydrogen-bond donors (Lipinski definition) is 1. The second-order valence-corrected chi connectivity index (χ2v) is 6.86. The van der Waals surface area contributed by atoms with Gasteiger partial charge in [-0.2, -0.15) is 4.31 Å². The van der Waals surface area contributed by atoms with E-state index in [0.717, 1.165) is 18.4 Å². The first-order valence-corrected chi connectivity index (χ1v) is 7.75. The Morgan fingerprint density at radius 3 is 2.56 bits per heavy atom. The summed E-state index contributed by atoms with van der Waals surface area (Å²) in [5.41, 5.74) is 7.15. The number of aryl methyl sites for hydroxylation is 1. The van der Waals surface area contributed by atoms with Crippen molar-refractivity contribution >= 4 is 15.7 Å². The Kier molecular flexibility index (Phi) is 3.64. The van der Waals surface area contributed by atoms with Gasteiger partial charge in [0.1, 0.15) is 0 Å². The Hall–Kier alpha value is -1.07. The van der Waals surface area contributed by atoms with Crippen LogP contribution >= 0.6 is 0 Å². The van der Waals surface area contributed by atoms with Crippen LogP contribution in [-0.2, 0) is 10.0 Å². The van der Waals surface area contributed by atoms with Crippen LogP contribution in [0.1, 0.15) is 25.3 Å². The van der Waals surface area contributed by atoms with Crippen LogP contribution in [0.25, 0.3) is 0 Å². The minimum absolute atomic E-state index is 0.344. The number of rotatable bonds is 5. The van der Waals surface area contributed by atoms with Crippen molar-refractivity contribution in [3.8, 4) is 0 Å². The van der Waals surface area contributed by atoms with Gasteiger partial charge in [0.05, 0.1) is 4.90 Å². The topological polar surface area (TPSA) is 63.4 Å². The van der Waals surface area contributed by atoms with Crippen molar-refractivity contribution in [2.75, 3.05) is 18.8 Å². The van der Waals surface area contributed by atoms with Crippen molar-refractivity contribution in [3.63, 3.8) is 0 Å². The number of anilines is 1. The van der Waals surface area contributed by atoms with Crippen molar-refractivity contribution in [1.29, 1.82) is 0 Å². The molecule has 0 unspecified atom stereocenters. The van der Waals surface area contributed by atoms with Gasteiger partial charge in [-0.15, -0.1) is 0 Å². The average Bonchev–Trinajstić information content (AvgIpc) is 3.13. The molecular weight excluding hydrogens is 248 g/mol. The number of benzene rings is 1. The van der Waals surface area contributed by atoms with E-state index in [-0.39, 0.29) is 0 Å². The van der Waals surface area contributed by atoms with Crippen LogP contribution in [0.5, 0.6) is 0 Å². The fourth-order valence-corrected chi connectivity index (χ4v) is 3.55. The standard InChI is InChI=1S/C13H20N2O2S/c1-3-15(9-11-4-5-11)18(16,17)12-6-7-13(14)10(2)8-12/h6-8,11H,3-5,9,14H2,1-2H3. The molecule has 100 valence electrons. The molecule has 4 nitrogen and oxygen atoms in total. The van der Waals surface area contributed by atoms with Crippen molar-refractivity contribution in [3.05, 3.63) is 23.8 Å². The maximum absolute atomic E-state index is 12.5. The minimum atomic E-state index is -3.37. The third kappa shape index (κ3) is 2.67. The molecule has 0 atom stereocenters. The molecule has 1 aromatic rings. The summed E-state index contributed by atoms with van der Waals surface area (Å²) in [6, 6.07) is 4.90. The van der Waals surface area contributed by atoms with E-state index < -0.39 is 10.0 Å². The number of hydrogen-bond acceptors (Lipinski definition) is 3. The summed E-state index contributed by atoms with van der Waals surface area (Å²) in [5.74, 6) is 0.551. The summed E-state index contributed by atoms with van der Waals surface area (Å²) >= 11 is 0. The van der Waals surface area contributed by atoms with E-state index in [1.54, 1.807) is 22.5 Å². The summed E-state index contributed by atoms with van der Waals surface area (Å²) in [6.07, 6.45) is 2.29. The van der Waals surface area contributed by atoms with Crippen molar-refractivity contribution in [2.45, 2.75) is 31.6 Å². The van der Waals surface area contributed by atoms with Gasteiger partial charge in [0.2, 0.25) is 10.0 Å². The van der Waals surface area contributed by atoms with Crippen molar-refractivity contribution in [1.82, 2.24) is 4.31 Å². The molecular formula is C13H20N2O2S. The van der Waals surface area contributed by atoms with Crippen LogP contribution in [0, 0.1) is 12.8 Å². The molecule has 0 bridgehead atoms. The van der Waals surface area contributed by atoms with Crippen LogP contribution in [-0.4, -0.2) is 25.8 Å². The van der Waals surface area contributed by atoms with E-state index in [4.69, 9.17) is 5.73 Å². The average molecular weight is 268 g/mol. The molecule has 1 aliphatic rings. The maximum atomic E-state index is 12.5. The molecule has 1 aliphatic carbocycles. The van der Waals surface area contributed by atoms with E-state index >= 15 is 0 Å². The molecule has 0 radical (unpaired) electrons. The van der Waals surface area contributed by atoms with Gasteiger partial charge in [-0.3, -0.25) is 0 Å². The van der Waals surface area contributed by atoms with Crippen molar-refractivity contribution in [2.24, 2.45) is 5.92 Å². The van der Waals surface area contributed by atoms with Gasteiger partial charge < -0.3 is 5.73 Å². The molecule has 0 aliphatic heterocycles. The van der Waals surface area contributed by atoms with E-state index in [1.165, 1.54) is 0 Å². The fourth-order valence-electron chi connectivity index (χ4n) is 1.94. The van der Waals surface area contributed by atoms with E-state index in [1.807, 2.05) is 13.8 Å². The first-order valence-electron chi connectivity index (χ1n) is 6.31. The Labute approximate surface area is 109 Å². The van der Waals surface area contributed by atoms with Crippen LogP contribution in [0.4, 0.5) is 5.69 Å². The highest BCUT2D eigenvalue weighted by Crippen LogP contribution is 2.31. The maximum Gasteiger partial charge on any atom is 0.243 e. The number of sulfonamides is 1. The molecule has 1 fully saturated rings. The van der Waals surface area contributed by atoms with Gasteiger partial charge >= 0.3 is 0 Å². The monoisotopic (exact) mass is 268 g/mol. The van der Waals surface area contributed by atoms with Gasteiger partial charge in [-0.1, -0.05) is 6.92 Å². The summed E-state index contributed by atoms with van der Waals surface area (Å²) < 4.78 is 26.5. The summed E-state index contributed by atoms with van der Waals surface area (Å²) in [6.45, 7) is 4.86. The van der Waals surface area contributed by atoms with Gasteiger partial charge in [0, 0.05) is 18.8 Å². The minimum Gasteiger partial charge on any atom is -0.399 e. The molecule has 0 aromatic heterocycles. The lowest BCUT2D eigenvalue weighted by atomic mass is 10.2. The highest BCUT2D eigenvalue weighted by Gasteiger charge is 2.30. The first kappa shape index (κ1) is 13.4. The molecule has 1 saturated carbocycles. The van der Waals surface area contributed by atoms with Gasteiger partial charge in [-0.05, 0) is 49.4 Å². The van der Waals surface area contributed by atoms with Crippen LogP contribution in [0.15, 0.2) is 23.1 Å². The van der Waals surface area contributed by atoms with E-state index in [2.05, 4.69) is 0 Å². The third-order valence-corrected chi connectivity index (χ3v) is 5.33. The molecule has 0 heterocycles. The molecule has 5 heteroatoms. The smallest absolute Gasteiger partial charge is 0.243 e. The molecule has 2 N–H and O–H groups in total. The third-order valence-electron chi connectivity index (χ3n) is 3.39. The zero-order valence-electron chi connectivity index (χ0n) is 10.9. The number of nitrogens with zero attached hydrogens (tertiary/aromatic N) is 1. The highest BCUT2D eigenvalue weighted by molar-refractivity contribution is 7.89. The molecule has 18 heavy (non-hydrogen) atoms. The molecule has 0 spiro atoms. The molecule has 0 amide bonds. The quantitative estimate of drug-likeness (QED) is 0.831. The lowest BCUT2D eigenvalue weighted by Crippen LogP contribution is -2.32. The summed E-state index contributed by atoms with van der Waals surface area (Å²) in [7, 11) is -3.37. The highest BCUT2D eigenvalue weighted by atomic mass is 32.2. The van der Waals surface area contributed by atoms with Crippen molar-refractivity contribution < 1.29 is 8.42 Å². The number of nitrogen functional groups attached to an aromatic ring is 1. The lowest BCUT2D eigenvalue weighted by Gasteiger charge is -2.20. The van der Waals surface area contributed by atoms with Crippen LogP contribution in [0.3, 0.4) is 0 Å². The van der Waals surface area contributed by atoms with Gasteiger partial charge in [0.25, 0.3) is 0 Å². The SMILES string of the molecule is CCN(CC1CC1)S(=O)(=O)c1ccc(N)c(C)c1. The summed E-state index contributed by atoms with van der Waals surface area (Å²) in [5, 5.41) is 0. The van der Waals surface area contributed by atoms with Crippen LogP contribution in [0.2, 0.25) is 0 Å². The fraction of sp³-hybridized carbons (Fsp3) is 0.538. The predicted octanol–water partition coefficient (Wildman–Crippen LogP) is 2.00. The largest absolute Gasteiger partial charge is 0.399 e. The molecule has 0 saturated heterocycles. The Balaban J connectivity index is 2.29.